The fourth-order valence-corrected chi connectivity index (χ4v) is 0.997. The molecule has 0 bridgehead atoms. The molecule has 0 aromatic rings. The average Bonchev–Trinajstić information content (AvgIpc) is 2.00. The number of carboxylic acid groups (broad SMARTS) is 1. The Bertz CT molecular complexity index is 196. The number of carbonyl (C=O) groups excluding carboxylic acids is 1. The van der Waals surface area contributed by atoms with Crippen molar-refractivity contribution < 1.29 is 19.4 Å². The summed E-state index contributed by atoms with van der Waals surface area (Å²) in [5.41, 5.74) is -0.300. The number of carbonyl (C=O) groups is 2. The maximum atomic E-state index is 10.9. The minimum Gasteiger partial charge on any atom is -0.481 e. The van der Waals surface area contributed by atoms with Crippen molar-refractivity contribution in [3.8, 4) is 0 Å². The molecule has 0 heterocycles. The number of rotatable bonds is 5. The van der Waals surface area contributed by atoms with E-state index in [2.05, 4.69) is 4.74 Å². The van der Waals surface area contributed by atoms with E-state index in [1.165, 1.54) is 7.11 Å². The molecule has 0 amide bonds. The molecule has 1 N–H and O–H groups in total. The van der Waals surface area contributed by atoms with Gasteiger partial charge in [-0.15, -0.1) is 0 Å². The van der Waals surface area contributed by atoms with Crippen molar-refractivity contribution in [2.45, 2.75) is 33.1 Å². The zero-order valence-corrected chi connectivity index (χ0v) is 8.29. The van der Waals surface area contributed by atoms with E-state index in [0.717, 1.165) is 0 Å². The molecule has 0 aliphatic carbocycles. The smallest absolute Gasteiger partial charge is 0.306 e. The lowest BCUT2D eigenvalue weighted by atomic mass is 9.84. The van der Waals surface area contributed by atoms with Gasteiger partial charge in [0.2, 0.25) is 0 Å². The number of ether oxygens (including phenoxy) is 1. The lowest BCUT2D eigenvalue weighted by Crippen LogP contribution is -2.19. The highest BCUT2D eigenvalue weighted by Crippen LogP contribution is 2.26. The summed E-state index contributed by atoms with van der Waals surface area (Å²) in [6.45, 7) is 3.71. The minimum atomic E-state index is -0.835. The van der Waals surface area contributed by atoms with Gasteiger partial charge in [-0.25, -0.2) is 0 Å². The third kappa shape index (κ3) is 6.13. The Balaban J connectivity index is 3.92. The van der Waals surface area contributed by atoms with Crippen LogP contribution in [0.1, 0.15) is 33.1 Å². The summed E-state index contributed by atoms with van der Waals surface area (Å²) in [5, 5.41) is 8.45. The van der Waals surface area contributed by atoms with E-state index in [0.29, 0.717) is 6.42 Å². The molecule has 0 radical (unpaired) electrons. The highest BCUT2D eigenvalue weighted by molar-refractivity contribution is 5.70. The number of hydrogen-bond donors (Lipinski definition) is 1. The van der Waals surface area contributed by atoms with Crippen molar-refractivity contribution in [2.24, 2.45) is 5.41 Å². The summed E-state index contributed by atoms with van der Waals surface area (Å²) in [4.78, 5) is 21.2. The number of methoxy groups -OCH3 is 1. The summed E-state index contributed by atoms with van der Waals surface area (Å²) in [6, 6.07) is 0. The van der Waals surface area contributed by atoms with Gasteiger partial charge < -0.3 is 9.84 Å². The Morgan fingerprint density at radius 2 is 1.92 bits per heavy atom. The summed E-state index contributed by atoms with van der Waals surface area (Å²) in [7, 11) is 1.33. The topological polar surface area (TPSA) is 63.6 Å². The second-order valence-electron chi connectivity index (χ2n) is 3.81. The monoisotopic (exact) mass is 188 g/mol. The van der Waals surface area contributed by atoms with Crippen molar-refractivity contribution in [3.05, 3.63) is 0 Å². The van der Waals surface area contributed by atoms with Crippen LogP contribution in [-0.4, -0.2) is 24.2 Å². The van der Waals surface area contributed by atoms with Crippen molar-refractivity contribution in [1.82, 2.24) is 0 Å². The van der Waals surface area contributed by atoms with Crippen LogP contribution in [0.15, 0.2) is 0 Å². The second-order valence-corrected chi connectivity index (χ2v) is 3.81. The van der Waals surface area contributed by atoms with Gasteiger partial charge in [0.25, 0.3) is 0 Å². The van der Waals surface area contributed by atoms with Crippen molar-refractivity contribution in [2.75, 3.05) is 7.11 Å². The zero-order chi connectivity index (χ0) is 10.5. The van der Waals surface area contributed by atoms with Crippen LogP contribution in [0.25, 0.3) is 0 Å². The summed E-state index contributed by atoms with van der Waals surface area (Å²) in [5.74, 6) is -1.13. The average molecular weight is 188 g/mol. The van der Waals surface area contributed by atoms with Crippen molar-refractivity contribution >= 4 is 11.9 Å². The predicted molar refractivity (Wildman–Crippen MR) is 47.3 cm³/mol. The van der Waals surface area contributed by atoms with Crippen molar-refractivity contribution in [1.29, 1.82) is 0 Å². The molecule has 0 spiro atoms. The van der Waals surface area contributed by atoms with Crippen LogP contribution in [0.4, 0.5) is 0 Å². The number of carboxylic acids is 1. The van der Waals surface area contributed by atoms with Crippen molar-refractivity contribution in [3.63, 3.8) is 0 Å². The molecule has 0 aromatic carbocycles. The molecular weight excluding hydrogens is 172 g/mol. The van der Waals surface area contributed by atoms with Crippen LogP contribution in [0.2, 0.25) is 0 Å². The van der Waals surface area contributed by atoms with Gasteiger partial charge in [0.1, 0.15) is 0 Å². The van der Waals surface area contributed by atoms with E-state index in [4.69, 9.17) is 5.11 Å². The maximum Gasteiger partial charge on any atom is 0.306 e. The highest BCUT2D eigenvalue weighted by atomic mass is 16.5. The van der Waals surface area contributed by atoms with Gasteiger partial charge in [0.15, 0.2) is 0 Å². The molecule has 0 aliphatic rings. The van der Waals surface area contributed by atoms with Gasteiger partial charge in [-0.1, -0.05) is 13.8 Å². The Morgan fingerprint density at radius 3 is 2.31 bits per heavy atom. The molecule has 4 heteroatoms. The van der Waals surface area contributed by atoms with Crippen LogP contribution in [0.3, 0.4) is 0 Å². The lowest BCUT2D eigenvalue weighted by Gasteiger charge is -2.21. The largest absolute Gasteiger partial charge is 0.481 e. The first-order valence-electron chi connectivity index (χ1n) is 4.16. The van der Waals surface area contributed by atoms with Crippen LogP contribution in [-0.2, 0) is 14.3 Å². The third-order valence-corrected chi connectivity index (χ3v) is 1.87. The quantitative estimate of drug-likeness (QED) is 0.663. The van der Waals surface area contributed by atoms with Crippen LogP contribution >= 0.6 is 0 Å². The fraction of sp³-hybridized carbons (Fsp3) is 0.778. The first-order chi connectivity index (χ1) is 5.87. The molecule has 0 aliphatic heterocycles. The van der Waals surface area contributed by atoms with Gasteiger partial charge >= 0.3 is 11.9 Å². The molecular formula is C9H16O4. The van der Waals surface area contributed by atoms with E-state index in [1.807, 2.05) is 13.8 Å². The van der Waals surface area contributed by atoms with Gasteiger partial charge in [-0.3, -0.25) is 9.59 Å². The van der Waals surface area contributed by atoms with E-state index < -0.39 is 5.97 Å². The fourth-order valence-electron chi connectivity index (χ4n) is 0.997. The first kappa shape index (κ1) is 11.9. The molecule has 0 saturated heterocycles. The van der Waals surface area contributed by atoms with Crippen LogP contribution < -0.4 is 0 Å². The minimum absolute atomic E-state index is 0.0873. The standard InChI is InChI=1S/C9H16O4/c1-9(2,5-4-7(10)11)6-8(12)13-3/h4-6H2,1-3H3,(H,10,11). The second kappa shape index (κ2) is 4.84. The molecule has 0 atom stereocenters. The van der Waals surface area contributed by atoms with Crippen LogP contribution in [0.5, 0.6) is 0 Å². The lowest BCUT2D eigenvalue weighted by molar-refractivity contribution is -0.144. The molecule has 76 valence electrons. The number of aliphatic carboxylic acids is 1. The molecule has 0 saturated carbocycles. The van der Waals surface area contributed by atoms with E-state index in [1.54, 1.807) is 0 Å². The number of hydrogen-bond acceptors (Lipinski definition) is 3. The molecule has 0 aromatic heterocycles. The molecule has 0 fully saturated rings. The maximum absolute atomic E-state index is 10.9. The molecule has 4 nitrogen and oxygen atoms in total. The van der Waals surface area contributed by atoms with Gasteiger partial charge in [0, 0.05) is 6.42 Å². The predicted octanol–water partition coefficient (Wildman–Crippen LogP) is 1.44. The van der Waals surface area contributed by atoms with E-state index >= 15 is 0 Å². The Kier molecular flexibility index (Phi) is 4.45. The zero-order valence-electron chi connectivity index (χ0n) is 8.29. The first-order valence-corrected chi connectivity index (χ1v) is 4.16. The SMILES string of the molecule is COC(=O)CC(C)(C)CCC(=O)O. The normalized spacial score (nSPS) is 11.0. The summed E-state index contributed by atoms with van der Waals surface area (Å²) < 4.78 is 4.51. The molecule has 0 rings (SSSR count). The highest BCUT2D eigenvalue weighted by Gasteiger charge is 2.23. The molecule has 0 unspecified atom stereocenters. The van der Waals surface area contributed by atoms with E-state index in [9.17, 15) is 9.59 Å². The van der Waals surface area contributed by atoms with Gasteiger partial charge in [0.05, 0.1) is 13.5 Å². The van der Waals surface area contributed by atoms with E-state index in [-0.39, 0.29) is 24.2 Å². The van der Waals surface area contributed by atoms with Gasteiger partial charge in [-0.2, -0.15) is 0 Å². The Labute approximate surface area is 77.9 Å². The summed E-state index contributed by atoms with van der Waals surface area (Å²) >= 11 is 0. The summed E-state index contributed by atoms with van der Waals surface area (Å²) in [6.07, 6.45) is 0.832. The Morgan fingerprint density at radius 1 is 1.38 bits per heavy atom. The number of esters is 1. The van der Waals surface area contributed by atoms with Crippen LogP contribution in [0, 0.1) is 5.41 Å². The molecule has 13 heavy (non-hydrogen) atoms. The van der Waals surface area contributed by atoms with Gasteiger partial charge in [-0.05, 0) is 11.8 Å². The Hall–Kier alpha value is -1.06. The third-order valence-electron chi connectivity index (χ3n) is 1.87.